The quantitative estimate of drug-likeness (QED) is 0.904. The summed E-state index contributed by atoms with van der Waals surface area (Å²) in [7, 11) is 1.86. The second kappa shape index (κ2) is 6.92. The van der Waals surface area contributed by atoms with Gasteiger partial charge in [-0.25, -0.2) is 4.98 Å². The van der Waals surface area contributed by atoms with Crippen molar-refractivity contribution in [1.29, 1.82) is 0 Å². The molecule has 0 saturated carbocycles. The van der Waals surface area contributed by atoms with E-state index in [1.165, 1.54) is 45.2 Å². The lowest BCUT2D eigenvalue weighted by molar-refractivity contribution is 0.141. The maximum Gasteiger partial charge on any atom is 0.224 e. The SMILES string of the molecule is CNc1ncc(Br)c(N2CCC(N3CCCCC3)CC2)n1. The van der Waals surface area contributed by atoms with Gasteiger partial charge in [-0.05, 0) is 54.7 Å². The van der Waals surface area contributed by atoms with E-state index in [0.29, 0.717) is 5.95 Å². The van der Waals surface area contributed by atoms with E-state index >= 15 is 0 Å². The zero-order chi connectivity index (χ0) is 14.7. The fourth-order valence-electron chi connectivity index (χ4n) is 3.43. The van der Waals surface area contributed by atoms with Gasteiger partial charge in [-0.15, -0.1) is 0 Å². The lowest BCUT2D eigenvalue weighted by Gasteiger charge is -2.40. The first-order valence-electron chi connectivity index (χ1n) is 7.97. The van der Waals surface area contributed by atoms with Gasteiger partial charge in [0.25, 0.3) is 0 Å². The molecular formula is C15H24BrN5. The van der Waals surface area contributed by atoms with E-state index in [2.05, 4.69) is 41.0 Å². The Labute approximate surface area is 135 Å². The van der Waals surface area contributed by atoms with E-state index in [9.17, 15) is 0 Å². The smallest absolute Gasteiger partial charge is 0.224 e. The van der Waals surface area contributed by atoms with E-state index in [-0.39, 0.29) is 0 Å². The molecule has 116 valence electrons. The van der Waals surface area contributed by atoms with E-state index in [1.54, 1.807) is 0 Å². The standard InChI is InChI=1S/C15H24BrN5/c1-17-15-18-11-13(16)14(19-15)21-9-5-12(6-10-21)20-7-3-2-4-8-20/h11-12H,2-10H2,1H3,(H,17,18,19). The minimum atomic E-state index is 0.686. The van der Waals surface area contributed by atoms with Crippen LogP contribution in [0.25, 0.3) is 0 Å². The molecule has 1 aromatic heterocycles. The van der Waals surface area contributed by atoms with Gasteiger partial charge in [-0.1, -0.05) is 6.42 Å². The summed E-state index contributed by atoms with van der Waals surface area (Å²) < 4.78 is 0.984. The van der Waals surface area contributed by atoms with Crippen molar-refractivity contribution in [2.24, 2.45) is 0 Å². The highest BCUT2D eigenvalue weighted by Crippen LogP contribution is 2.28. The van der Waals surface area contributed by atoms with Crippen molar-refractivity contribution in [3.8, 4) is 0 Å². The van der Waals surface area contributed by atoms with Crippen LogP contribution in [0, 0.1) is 0 Å². The van der Waals surface area contributed by atoms with Crippen LogP contribution in [0.4, 0.5) is 11.8 Å². The van der Waals surface area contributed by atoms with E-state index in [1.807, 2.05) is 13.2 Å². The third kappa shape index (κ3) is 3.48. The van der Waals surface area contributed by atoms with Gasteiger partial charge >= 0.3 is 0 Å². The number of nitrogens with one attached hydrogen (secondary N) is 1. The van der Waals surface area contributed by atoms with Crippen LogP contribution >= 0.6 is 15.9 Å². The molecule has 2 fully saturated rings. The average Bonchev–Trinajstić information content (AvgIpc) is 2.56. The van der Waals surface area contributed by atoms with Crippen molar-refractivity contribution in [1.82, 2.24) is 14.9 Å². The predicted octanol–water partition coefficient (Wildman–Crippen LogP) is 2.74. The number of hydrogen-bond acceptors (Lipinski definition) is 5. The molecule has 0 spiro atoms. The first-order valence-corrected chi connectivity index (χ1v) is 8.76. The lowest BCUT2D eigenvalue weighted by Crippen LogP contribution is -2.47. The molecule has 3 heterocycles. The Morgan fingerprint density at radius 1 is 1.14 bits per heavy atom. The molecule has 0 atom stereocenters. The molecule has 0 aromatic carbocycles. The number of piperidine rings is 2. The Morgan fingerprint density at radius 3 is 2.52 bits per heavy atom. The zero-order valence-electron chi connectivity index (χ0n) is 12.7. The van der Waals surface area contributed by atoms with E-state index in [4.69, 9.17) is 0 Å². The molecule has 5 nitrogen and oxygen atoms in total. The van der Waals surface area contributed by atoms with Crippen LogP contribution in [0.3, 0.4) is 0 Å². The van der Waals surface area contributed by atoms with Crippen LogP contribution in [0.15, 0.2) is 10.7 Å². The molecular weight excluding hydrogens is 330 g/mol. The first-order chi connectivity index (χ1) is 10.3. The highest BCUT2D eigenvalue weighted by atomic mass is 79.9. The monoisotopic (exact) mass is 353 g/mol. The lowest BCUT2D eigenvalue weighted by atomic mass is 10.00. The Hall–Kier alpha value is -0.880. The second-order valence-electron chi connectivity index (χ2n) is 5.93. The molecule has 21 heavy (non-hydrogen) atoms. The Morgan fingerprint density at radius 2 is 1.86 bits per heavy atom. The minimum Gasteiger partial charge on any atom is -0.357 e. The summed E-state index contributed by atoms with van der Waals surface area (Å²) in [5, 5.41) is 3.02. The summed E-state index contributed by atoms with van der Waals surface area (Å²) in [5.41, 5.74) is 0. The van der Waals surface area contributed by atoms with Crippen LogP contribution in [0.5, 0.6) is 0 Å². The van der Waals surface area contributed by atoms with Crippen LogP contribution in [-0.2, 0) is 0 Å². The highest BCUT2D eigenvalue weighted by molar-refractivity contribution is 9.10. The van der Waals surface area contributed by atoms with Gasteiger partial charge in [0.05, 0.1) is 4.47 Å². The van der Waals surface area contributed by atoms with Crippen molar-refractivity contribution in [2.75, 3.05) is 43.4 Å². The topological polar surface area (TPSA) is 44.3 Å². The molecule has 1 N–H and O–H groups in total. The number of aromatic nitrogens is 2. The number of hydrogen-bond donors (Lipinski definition) is 1. The largest absolute Gasteiger partial charge is 0.357 e. The Balaban J connectivity index is 1.62. The second-order valence-corrected chi connectivity index (χ2v) is 6.78. The molecule has 0 radical (unpaired) electrons. The molecule has 2 saturated heterocycles. The van der Waals surface area contributed by atoms with Gasteiger partial charge in [0, 0.05) is 32.4 Å². The maximum atomic E-state index is 4.60. The van der Waals surface area contributed by atoms with Crippen molar-refractivity contribution in [3.05, 3.63) is 10.7 Å². The average molecular weight is 354 g/mol. The summed E-state index contributed by atoms with van der Waals surface area (Å²) in [4.78, 5) is 13.9. The van der Waals surface area contributed by atoms with Gasteiger partial charge < -0.3 is 15.1 Å². The summed E-state index contributed by atoms with van der Waals surface area (Å²) in [6.45, 7) is 4.76. The van der Waals surface area contributed by atoms with Gasteiger partial charge in [0.1, 0.15) is 5.82 Å². The first kappa shape index (κ1) is 15.0. The van der Waals surface area contributed by atoms with E-state index < -0.39 is 0 Å². The van der Waals surface area contributed by atoms with Crippen LogP contribution in [0.1, 0.15) is 32.1 Å². The normalized spacial score (nSPS) is 21.5. The summed E-state index contributed by atoms with van der Waals surface area (Å²) in [6, 6.07) is 0.769. The number of likely N-dealkylation sites (tertiary alicyclic amines) is 1. The van der Waals surface area contributed by atoms with Gasteiger partial charge in [-0.2, -0.15) is 4.98 Å². The number of rotatable bonds is 3. The number of anilines is 2. The van der Waals surface area contributed by atoms with Crippen molar-refractivity contribution in [2.45, 2.75) is 38.1 Å². The van der Waals surface area contributed by atoms with Gasteiger partial charge in [-0.3, -0.25) is 0 Å². The Bertz CT molecular complexity index is 467. The van der Waals surface area contributed by atoms with Crippen LogP contribution in [-0.4, -0.2) is 54.1 Å². The third-order valence-corrected chi connectivity index (χ3v) is 5.18. The molecule has 2 aliphatic rings. The molecule has 1 aromatic rings. The number of halogens is 1. The summed E-state index contributed by atoms with van der Waals surface area (Å²) in [5.74, 6) is 1.71. The van der Waals surface area contributed by atoms with Gasteiger partial charge in [0.15, 0.2) is 0 Å². The molecule has 0 aliphatic carbocycles. The zero-order valence-corrected chi connectivity index (χ0v) is 14.3. The van der Waals surface area contributed by atoms with Crippen LogP contribution < -0.4 is 10.2 Å². The van der Waals surface area contributed by atoms with Crippen molar-refractivity contribution < 1.29 is 0 Å². The maximum absolute atomic E-state index is 4.60. The molecule has 3 rings (SSSR count). The highest BCUT2D eigenvalue weighted by Gasteiger charge is 2.27. The molecule has 6 heteroatoms. The molecule has 0 unspecified atom stereocenters. The summed E-state index contributed by atoms with van der Waals surface area (Å²) in [6.07, 6.45) is 8.49. The third-order valence-electron chi connectivity index (χ3n) is 4.62. The molecule has 0 amide bonds. The predicted molar refractivity (Wildman–Crippen MR) is 89.9 cm³/mol. The van der Waals surface area contributed by atoms with E-state index in [0.717, 1.165) is 29.4 Å². The number of nitrogens with zero attached hydrogens (tertiary/aromatic N) is 4. The molecule has 2 aliphatic heterocycles. The summed E-state index contributed by atoms with van der Waals surface area (Å²) >= 11 is 3.58. The van der Waals surface area contributed by atoms with Crippen molar-refractivity contribution in [3.63, 3.8) is 0 Å². The van der Waals surface area contributed by atoms with Gasteiger partial charge in [0.2, 0.25) is 5.95 Å². The Kier molecular flexibility index (Phi) is 4.95. The minimum absolute atomic E-state index is 0.686. The van der Waals surface area contributed by atoms with Crippen molar-refractivity contribution >= 4 is 27.7 Å². The molecule has 0 bridgehead atoms. The fraction of sp³-hybridized carbons (Fsp3) is 0.733. The van der Waals surface area contributed by atoms with Crippen LogP contribution in [0.2, 0.25) is 0 Å². The fourth-order valence-corrected chi connectivity index (χ4v) is 3.87.